The number of nitrogens with zero attached hydrogens (tertiary/aromatic N) is 1. The standard InChI is InChI=1S/C22H24N2O5/c25-19(23-18-11-5-7-14-6-1-2-8-15(14)18)13-29-20(26)12-24-21(27)16-9-3-4-10-17(16)22(24)28/h1-4,6,8,16-18H,5,7,9-13H2,(H,23,25)/t16-,17-,18-/m0/s1. The second-order valence-electron chi connectivity index (χ2n) is 7.79. The predicted octanol–water partition coefficient (Wildman–Crippen LogP) is 1.67. The number of carbonyl (C=O) groups is 4. The maximum atomic E-state index is 12.4. The molecule has 4 rings (SSSR count). The number of nitrogens with one attached hydrogen (secondary N) is 1. The Hall–Kier alpha value is -2.96. The Labute approximate surface area is 169 Å². The summed E-state index contributed by atoms with van der Waals surface area (Å²) in [5, 5.41) is 2.91. The van der Waals surface area contributed by atoms with E-state index in [9.17, 15) is 19.2 Å². The van der Waals surface area contributed by atoms with E-state index in [4.69, 9.17) is 4.74 Å². The number of benzene rings is 1. The van der Waals surface area contributed by atoms with Crippen molar-refractivity contribution < 1.29 is 23.9 Å². The summed E-state index contributed by atoms with van der Waals surface area (Å²) >= 11 is 0. The summed E-state index contributed by atoms with van der Waals surface area (Å²) < 4.78 is 5.03. The van der Waals surface area contributed by atoms with Crippen LogP contribution in [0, 0.1) is 11.8 Å². The molecule has 3 atom stereocenters. The average molecular weight is 396 g/mol. The first-order valence-electron chi connectivity index (χ1n) is 10.1. The Morgan fingerprint density at radius 3 is 2.48 bits per heavy atom. The van der Waals surface area contributed by atoms with E-state index in [-0.39, 0.29) is 29.7 Å². The van der Waals surface area contributed by atoms with Crippen LogP contribution in [-0.4, -0.2) is 41.7 Å². The number of aryl methyl sites for hydroxylation is 1. The fourth-order valence-electron chi connectivity index (χ4n) is 4.49. The lowest BCUT2D eigenvalue weighted by Crippen LogP contribution is -2.38. The second kappa shape index (κ2) is 8.19. The second-order valence-corrected chi connectivity index (χ2v) is 7.79. The molecule has 0 unspecified atom stereocenters. The van der Waals surface area contributed by atoms with Gasteiger partial charge in [0, 0.05) is 0 Å². The monoisotopic (exact) mass is 396 g/mol. The van der Waals surface area contributed by atoms with Crippen LogP contribution in [0.3, 0.4) is 0 Å². The molecule has 1 aromatic rings. The van der Waals surface area contributed by atoms with E-state index in [1.54, 1.807) is 0 Å². The van der Waals surface area contributed by atoms with Crippen LogP contribution in [0.1, 0.15) is 42.9 Å². The number of imide groups is 1. The molecule has 3 aliphatic rings. The third-order valence-corrected chi connectivity index (χ3v) is 5.95. The lowest BCUT2D eigenvalue weighted by molar-refractivity contribution is -0.155. The highest BCUT2D eigenvalue weighted by Crippen LogP contribution is 2.35. The summed E-state index contributed by atoms with van der Waals surface area (Å²) in [6, 6.07) is 7.90. The average Bonchev–Trinajstić information content (AvgIpc) is 2.98. The highest BCUT2D eigenvalue weighted by Gasteiger charge is 2.47. The van der Waals surface area contributed by atoms with Crippen LogP contribution in [0.25, 0.3) is 0 Å². The first kappa shape index (κ1) is 19.4. The van der Waals surface area contributed by atoms with Crippen LogP contribution in [-0.2, 0) is 30.3 Å². The zero-order valence-electron chi connectivity index (χ0n) is 16.1. The molecule has 2 aliphatic carbocycles. The van der Waals surface area contributed by atoms with Gasteiger partial charge < -0.3 is 10.1 Å². The van der Waals surface area contributed by atoms with Crippen molar-refractivity contribution in [3.8, 4) is 0 Å². The van der Waals surface area contributed by atoms with Gasteiger partial charge in [-0.2, -0.15) is 0 Å². The minimum Gasteiger partial charge on any atom is -0.454 e. The van der Waals surface area contributed by atoms with Crippen molar-refractivity contribution in [3.63, 3.8) is 0 Å². The van der Waals surface area contributed by atoms with Crippen LogP contribution < -0.4 is 5.32 Å². The Bertz CT molecular complexity index is 852. The Morgan fingerprint density at radius 1 is 1.07 bits per heavy atom. The largest absolute Gasteiger partial charge is 0.454 e. The van der Waals surface area contributed by atoms with Gasteiger partial charge in [-0.05, 0) is 43.2 Å². The number of ether oxygens (including phenoxy) is 1. The SMILES string of the molecule is O=C(COC(=O)CN1C(=O)[C@H]2CC=CC[C@@H]2C1=O)N[C@H]1CCCc2ccccc21. The quantitative estimate of drug-likeness (QED) is 0.464. The smallest absolute Gasteiger partial charge is 0.326 e. The molecule has 0 radical (unpaired) electrons. The van der Waals surface area contributed by atoms with Crippen LogP contribution in [0.5, 0.6) is 0 Å². The topological polar surface area (TPSA) is 92.8 Å². The van der Waals surface area contributed by atoms with Gasteiger partial charge in [0.25, 0.3) is 5.91 Å². The van der Waals surface area contributed by atoms with Crippen LogP contribution in [0.4, 0.5) is 0 Å². The maximum Gasteiger partial charge on any atom is 0.326 e. The number of hydrogen-bond donors (Lipinski definition) is 1. The highest BCUT2D eigenvalue weighted by molar-refractivity contribution is 6.07. The van der Waals surface area contributed by atoms with Crippen LogP contribution in [0.15, 0.2) is 36.4 Å². The summed E-state index contributed by atoms with van der Waals surface area (Å²) in [5.74, 6) is -2.56. The van der Waals surface area contributed by atoms with E-state index in [0.717, 1.165) is 29.7 Å². The normalized spacial score (nSPS) is 25.4. The van der Waals surface area contributed by atoms with Gasteiger partial charge in [0.2, 0.25) is 11.8 Å². The first-order valence-corrected chi connectivity index (χ1v) is 10.1. The summed E-state index contributed by atoms with van der Waals surface area (Å²) in [7, 11) is 0. The molecule has 1 aromatic carbocycles. The molecule has 1 saturated heterocycles. The van der Waals surface area contributed by atoms with Crippen molar-refractivity contribution in [3.05, 3.63) is 47.5 Å². The molecule has 7 heteroatoms. The summed E-state index contributed by atoms with van der Waals surface area (Å²) in [6.45, 7) is -0.869. The third kappa shape index (κ3) is 3.95. The fourth-order valence-corrected chi connectivity index (χ4v) is 4.49. The van der Waals surface area contributed by atoms with Gasteiger partial charge in [-0.25, -0.2) is 0 Å². The Morgan fingerprint density at radius 2 is 1.76 bits per heavy atom. The number of likely N-dealkylation sites (tertiary alicyclic amines) is 1. The molecule has 1 N–H and O–H groups in total. The van der Waals surface area contributed by atoms with Gasteiger partial charge in [0.05, 0.1) is 17.9 Å². The van der Waals surface area contributed by atoms with E-state index < -0.39 is 25.0 Å². The molecule has 1 fully saturated rings. The molecular weight excluding hydrogens is 372 g/mol. The van der Waals surface area contributed by atoms with E-state index in [2.05, 4.69) is 11.4 Å². The number of rotatable bonds is 5. The zero-order valence-corrected chi connectivity index (χ0v) is 16.1. The third-order valence-electron chi connectivity index (χ3n) is 5.95. The number of allylic oxidation sites excluding steroid dienone is 2. The number of hydrogen-bond acceptors (Lipinski definition) is 5. The van der Waals surface area contributed by atoms with Crippen molar-refractivity contribution in [2.75, 3.05) is 13.2 Å². The Balaban J connectivity index is 1.28. The maximum absolute atomic E-state index is 12.4. The van der Waals surface area contributed by atoms with Crippen molar-refractivity contribution in [2.45, 2.75) is 38.1 Å². The lowest BCUT2D eigenvalue weighted by atomic mass is 9.85. The van der Waals surface area contributed by atoms with Crippen molar-refractivity contribution in [1.82, 2.24) is 10.2 Å². The molecule has 29 heavy (non-hydrogen) atoms. The molecule has 7 nitrogen and oxygen atoms in total. The highest BCUT2D eigenvalue weighted by atomic mass is 16.5. The Kier molecular flexibility index (Phi) is 5.47. The van der Waals surface area contributed by atoms with Gasteiger partial charge >= 0.3 is 5.97 Å². The molecule has 0 spiro atoms. The molecular formula is C22H24N2O5. The molecule has 0 bridgehead atoms. The zero-order chi connectivity index (χ0) is 20.4. The number of esters is 1. The molecule has 152 valence electrons. The predicted molar refractivity (Wildman–Crippen MR) is 103 cm³/mol. The van der Waals surface area contributed by atoms with Gasteiger partial charge in [-0.1, -0.05) is 36.4 Å². The van der Waals surface area contributed by atoms with Crippen molar-refractivity contribution >= 4 is 23.7 Å². The van der Waals surface area contributed by atoms with Crippen molar-refractivity contribution in [1.29, 1.82) is 0 Å². The van der Waals surface area contributed by atoms with Crippen LogP contribution >= 0.6 is 0 Å². The summed E-state index contributed by atoms with van der Waals surface area (Å²) in [6.07, 6.45) is 7.64. The van der Waals surface area contributed by atoms with Crippen molar-refractivity contribution in [2.24, 2.45) is 11.8 Å². The van der Waals surface area contributed by atoms with E-state index in [1.165, 1.54) is 5.56 Å². The van der Waals surface area contributed by atoms with Gasteiger partial charge in [0.15, 0.2) is 6.61 Å². The molecule has 1 aliphatic heterocycles. The first-order chi connectivity index (χ1) is 14.0. The van der Waals surface area contributed by atoms with Crippen LogP contribution in [0.2, 0.25) is 0 Å². The van der Waals surface area contributed by atoms with Gasteiger partial charge in [-0.15, -0.1) is 0 Å². The minimum absolute atomic E-state index is 0.0940. The molecule has 3 amide bonds. The number of amides is 3. The van der Waals surface area contributed by atoms with E-state index >= 15 is 0 Å². The van der Waals surface area contributed by atoms with E-state index in [1.807, 2.05) is 30.4 Å². The van der Waals surface area contributed by atoms with Gasteiger partial charge in [0.1, 0.15) is 6.54 Å². The number of fused-ring (bicyclic) bond motifs is 2. The minimum atomic E-state index is -0.752. The molecule has 0 saturated carbocycles. The molecule has 0 aromatic heterocycles. The molecule has 1 heterocycles. The lowest BCUT2D eigenvalue weighted by Gasteiger charge is -2.26. The summed E-state index contributed by atoms with van der Waals surface area (Å²) in [4.78, 5) is 50.1. The fraction of sp³-hybridized carbons (Fsp3) is 0.455. The summed E-state index contributed by atoms with van der Waals surface area (Å²) in [5.41, 5.74) is 2.32. The van der Waals surface area contributed by atoms with E-state index in [0.29, 0.717) is 12.8 Å². The van der Waals surface area contributed by atoms with Gasteiger partial charge in [-0.3, -0.25) is 24.1 Å². The number of carbonyl (C=O) groups excluding carboxylic acids is 4.